The van der Waals surface area contributed by atoms with Gasteiger partial charge in [0.25, 0.3) is 0 Å². The molecule has 1 aromatic rings. The summed E-state index contributed by atoms with van der Waals surface area (Å²) in [6, 6.07) is 4.76. The first kappa shape index (κ1) is 19.9. The highest BCUT2D eigenvalue weighted by atomic mass is 16.6. The summed E-state index contributed by atoms with van der Waals surface area (Å²) in [7, 11) is 0. The Hall–Kier alpha value is -1.82. The highest BCUT2D eigenvalue weighted by Gasteiger charge is 2.31. The van der Waals surface area contributed by atoms with Crippen molar-refractivity contribution in [2.24, 2.45) is 0 Å². The van der Waals surface area contributed by atoms with Crippen LogP contribution >= 0.6 is 0 Å². The van der Waals surface area contributed by atoms with Crippen LogP contribution in [-0.4, -0.2) is 65.7 Å². The third-order valence-electron chi connectivity index (χ3n) is 5.28. The minimum absolute atomic E-state index is 0.215. The number of hydrogen-bond acceptors (Lipinski definition) is 5. The maximum Gasteiger partial charge on any atom is 0.410 e. The summed E-state index contributed by atoms with van der Waals surface area (Å²) in [6.45, 7) is 13.2. The molecule has 0 aromatic carbocycles. The van der Waals surface area contributed by atoms with E-state index in [0.29, 0.717) is 19.1 Å². The van der Waals surface area contributed by atoms with E-state index in [9.17, 15) is 4.79 Å². The molecule has 1 atom stereocenters. The van der Waals surface area contributed by atoms with E-state index < -0.39 is 5.60 Å². The zero-order valence-corrected chi connectivity index (χ0v) is 17.3. The van der Waals surface area contributed by atoms with Crippen LogP contribution in [-0.2, 0) is 4.74 Å². The Balaban J connectivity index is 1.68. The molecule has 0 saturated carbocycles. The summed E-state index contributed by atoms with van der Waals surface area (Å²) in [5.41, 5.74) is 0.891. The summed E-state index contributed by atoms with van der Waals surface area (Å²) >= 11 is 0. The molecule has 3 heterocycles. The Morgan fingerprint density at radius 3 is 2.63 bits per heavy atom. The summed E-state index contributed by atoms with van der Waals surface area (Å²) in [6.07, 6.45) is 5.31. The molecule has 0 aliphatic carbocycles. The molecule has 27 heavy (non-hydrogen) atoms. The predicted octanol–water partition coefficient (Wildman–Crippen LogP) is 3.69. The second kappa shape index (κ2) is 8.46. The largest absolute Gasteiger partial charge is 0.444 e. The maximum absolute atomic E-state index is 12.3. The Morgan fingerprint density at radius 2 is 1.96 bits per heavy atom. The summed E-state index contributed by atoms with van der Waals surface area (Å²) in [4.78, 5) is 23.8. The number of ether oxygens (including phenoxy) is 1. The van der Waals surface area contributed by atoms with Gasteiger partial charge in [0.15, 0.2) is 0 Å². The number of pyridine rings is 1. The predicted molar refractivity (Wildman–Crippen MR) is 108 cm³/mol. The standard InChI is InChI=1S/C21H34N4O2/c1-5-11-23-12-7-9-18(23)17-8-6-10-22-19(17)24-13-15-25(16-14-24)20(26)27-21(2,3)4/h6,8,10,18H,5,7,9,11-16H2,1-4H3/t18-/m0/s1. The number of hydrogen-bond donors (Lipinski definition) is 0. The van der Waals surface area contributed by atoms with Gasteiger partial charge in [0, 0.05) is 44.0 Å². The van der Waals surface area contributed by atoms with E-state index in [2.05, 4.69) is 28.9 Å². The molecule has 3 rings (SSSR count). The fourth-order valence-corrected chi connectivity index (χ4v) is 4.09. The molecule has 2 saturated heterocycles. The van der Waals surface area contributed by atoms with Gasteiger partial charge in [-0.05, 0) is 59.2 Å². The van der Waals surface area contributed by atoms with Crippen LogP contribution in [0, 0.1) is 0 Å². The number of carbonyl (C=O) groups is 1. The Morgan fingerprint density at radius 1 is 1.22 bits per heavy atom. The van der Waals surface area contributed by atoms with Gasteiger partial charge in [-0.2, -0.15) is 0 Å². The van der Waals surface area contributed by atoms with Crippen LogP contribution in [0.3, 0.4) is 0 Å². The Labute approximate surface area is 163 Å². The zero-order chi connectivity index (χ0) is 19.4. The van der Waals surface area contributed by atoms with Crippen molar-refractivity contribution in [2.75, 3.05) is 44.2 Å². The van der Waals surface area contributed by atoms with Crippen LogP contribution in [0.2, 0.25) is 0 Å². The topological polar surface area (TPSA) is 48.9 Å². The normalized spacial score (nSPS) is 21.6. The molecule has 2 aliphatic rings. The molecule has 6 heteroatoms. The van der Waals surface area contributed by atoms with Crippen molar-refractivity contribution in [1.29, 1.82) is 0 Å². The van der Waals surface area contributed by atoms with Crippen LogP contribution in [0.5, 0.6) is 0 Å². The van der Waals surface area contributed by atoms with Crippen molar-refractivity contribution in [3.8, 4) is 0 Å². The highest BCUT2D eigenvalue weighted by molar-refractivity contribution is 5.68. The van der Waals surface area contributed by atoms with E-state index in [0.717, 1.165) is 25.5 Å². The summed E-state index contributed by atoms with van der Waals surface area (Å²) in [5.74, 6) is 1.09. The first-order valence-electron chi connectivity index (χ1n) is 10.3. The quantitative estimate of drug-likeness (QED) is 0.804. The van der Waals surface area contributed by atoms with Crippen LogP contribution in [0.15, 0.2) is 18.3 Å². The molecule has 6 nitrogen and oxygen atoms in total. The molecule has 1 amide bonds. The van der Waals surface area contributed by atoms with Gasteiger partial charge in [-0.25, -0.2) is 9.78 Å². The number of aromatic nitrogens is 1. The molecule has 1 aromatic heterocycles. The lowest BCUT2D eigenvalue weighted by molar-refractivity contribution is 0.0240. The SMILES string of the molecule is CCCN1CCC[C@H]1c1cccnc1N1CCN(C(=O)OC(C)(C)C)CC1. The van der Waals surface area contributed by atoms with Crippen LogP contribution < -0.4 is 4.90 Å². The van der Waals surface area contributed by atoms with E-state index in [-0.39, 0.29) is 6.09 Å². The van der Waals surface area contributed by atoms with Crippen molar-refractivity contribution in [1.82, 2.24) is 14.8 Å². The second-order valence-corrected chi connectivity index (χ2v) is 8.56. The smallest absolute Gasteiger partial charge is 0.410 e. The van der Waals surface area contributed by atoms with Gasteiger partial charge in [-0.3, -0.25) is 4.90 Å². The molecule has 2 fully saturated rings. The van der Waals surface area contributed by atoms with Crippen molar-refractivity contribution in [3.05, 3.63) is 23.9 Å². The number of amides is 1. The number of carbonyl (C=O) groups excluding carboxylic acids is 1. The van der Waals surface area contributed by atoms with Crippen LogP contribution in [0.25, 0.3) is 0 Å². The Bertz CT molecular complexity index is 635. The molecule has 0 unspecified atom stereocenters. The van der Waals surface area contributed by atoms with Gasteiger partial charge >= 0.3 is 6.09 Å². The third kappa shape index (κ3) is 4.92. The first-order chi connectivity index (χ1) is 12.9. The molecule has 0 spiro atoms. The molecular formula is C21H34N4O2. The summed E-state index contributed by atoms with van der Waals surface area (Å²) in [5, 5.41) is 0. The number of piperazine rings is 1. The molecular weight excluding hydrogens is 340 g/mol. The van der Waals surface area contributed by atoms with Crippen LogP contribution in [0.4, 0.5) is 10.6 Å². The highest BCUT2D eigenvalue weighted by Crippen LogP contribution is 2.36. The van der Waals surface area contributed by atoms with E-state index in [4.69, 9.17) is 9.72 Å². The van der Waals surface area contributed by atoms with E-state index >= 15 is 0 Å². The minimum Gasteiger partial charge on any atom is -0.444 e. The number of rotatable bonds is 4. The fraction of sp³-hybridized carbons (Fsp3) is 0.714. The third-order valence-corrected chi connectivity index (χ3v) is 5.28. The lowest BCUT2D eigenvalue weighted by Crippen LogP contribution is -2.50. The maximum atomic E-state index is 12.3. The van der Waals surface area contributed by atoms with Crippen molar-refractivity contribution in [3.63, 3.8) is 0 Å². The van der Waals surface area contributed by atoms with Crippen molar-refractivity contribution in [2.45, 2.75) is 58.6 Å². The van der Waals surface area contributed by atoms with E-state index in [1.54, 1.807) is 0 Å². The van der Waals surface area contributed by atoms with Gasteiger partial charge in [0.05, 0.1) is 0 Å². The average Bonchev–Trinajstić information content (AvgIpc) is 3.09. The zero-order valence-electron chi connectivity index (χ0n) is 17.3. The second-order valence-electron chi connectivity index (χ2n) is 8.56. The molecule has 2 aliphatic heterocycles. The first-order valence-corrected chi connectivity index (χ1v) is 10.3. The van der Waals surface area contributed by atoms with Gasteiger partial charge in [0.1, 0.15) is 11.4 Å². The number of nitrogens with zero attached hydrogens (tertiary/aromatic N) is 4. The lowest BCUT2D eigenvalue weighted by atomic mass is 10.0. The van der Waals surface area contributed by atoms with Gasteiger partial charge in [0.2, 0.25) is 0 Å². The van der Waals surface area contributed by atoms with Gasteiger partial charge < -0.3 is 14.5 Å². The van der Waals surface area contributed by atoms with E-state index in [1.807, 2.05) is 31.9 Å². The average molecular weight is 375 g/mol. The van der Waals surface area contributed by atoms with Crippen LogP contribution in [0.1, 0.15) is 58.6 Å². The Kier molecular flexibility index (Phi) is 6.25. The molecule has 150 valence electrons. The monoisotopic (exact) mass is 374 g/mol. The number of likely N-dealkylation sites (tertiary alicyclic amines) is 1. The van der Waals surface area contributed by atoms with Gasteiger partial charge in [-0.15, -0.1) is 0 Å². The minimum atomic E-state index is -0.451. The fourth-order valence-electron chi connectivity index (χ4n) is 4.09. The molecule has 0 N–H and O–H groups in total. The lowest BCUT2D eigenvalue weighted by Gasteiger charge is -2.37. The van der Waals surface area contributed by atoms with Crippen molar-refractivity contribution < 1.29 is 9.53 Å². The molecule has 0 bridgehead atoms. The van der Waals surface area contributed by atoms with E-state index in [1.165, 1.54) is 31.4 Å². The van der Waals surface area contributed by atoms with Crippen molar-refractivity contribution >= 4 is 11.9 Å². The molecule has 0 radical (unpaired) electrons. The summed E-state index contributed by atoms with van der Waals surface area (Å²) < 4.78 is 5.51. The van der Waals surface area contributed by atoms with Gasteiger partial charge in [-0.1, -0.05) is 13.0 Å². The number of anilines is 1.